The van der Waals surface area contributed by atoms with E-state index in [1.54, 1.807) is 6.92 Å². The van der Waals surface area contributed by atoms with Crippen LogP contribution in [0.4, 0.5) is 5.00 Å². The second-order valence-corrected chi connectivity index (χ2v) is 8.76. The normalized spacial score (nSPS) is 15.4. The van der Waals surface area contributed by atoms with Crippen molar-refractivity contribution < 1.29 is 19.1 Å². The monoisotopic (exact) mass is 429 g/mol. The summed E-state index contributed by atoms with van der Waals surface area (Å²) in [5, 5.41) is 3.60. The highest BCUT2D eigenvalue weighted by molar-refractivity contribution is 7.17. The summed E-state index contributed by atoms with van der Waals surface area (Å²) in [4.78, 5) is 26.3. The van der Waals surface area contributed by atoms with E-state index in [0.29, 0.717) is 42.5 Å². The summed E-state index contributed by atoms with van der Waals surface area (Å²) in [6.45, 7) is 6.85. The van der Waals surface area contributed by atoms with Gasteiger partial charge >= 0.3 is 5.97 Å². The molecule has 1 amide bonds. The number of thiophene rings is 1. The zero-order valence-corrected chi connectivity index (χ0v) is 18.9. The summed E-state index contributed by atoms with van der Waals surface area (Å²) in [6, 6.07) is 8.03. The predicted octanol–water partition coefficient (Wildman–Crippen LogP) is 5.72. The summed E-state index contributed by atoms with van der Waals surface area (Å²) < 4.78 is 11.0. The van der Waals surface area contributed by atoms with Crippen molar-refractivity contribution in [2.75, 3.05) is 18.5 Å². The maximum Gasteiger partial charge on any atom is 0.341 e. The summed E-state index contributed by atoms with van der Waals surface area (Å²) in [7, 11) is 0. The van der Waals surface area contributed by atoms with Crippen molar-refractivity contribution in [1.82, 2.24) is 0 Å². The van der Waals surface area contributed by atoms with Crippen molar-refractivity contribution in [3.63, 3.8) is 0 Å². The van der Waals surface area contributed by atoms with Gasteiger partial charge in [-0.05, 0) is 68.2 Å². The van der Waals surface area contributed by atoms with Crippen molar-refractivity contribution in [2.24, 2.45) is 0 Å². The molecule has 1 heterocycles. The number of amides is 1. The first-order valence-electron chi connectivity index (χ1n) is 10.9. The number of rotatable bonds is 9. The molecule has 3 rings (SSSR count). The van der Waals surface area contributed by atoms with Crippen LogP contribution in [0.1, 0.15) is 78.7 Å². The van der Waals surface area contributed by atoms with Crippen molar-refractivity contribution in [3.8, 4) is 5.75 Å². The molecule has 0 radical (unpaired) electrons. The Morgan fingerprint density at radius 1 is 1.20 bits per heavy atom. The van der Waals surface area contributed by atoms with Crippen LogP contribution in [0.5, 0.6) is 5.75 Å². The lowest BCUT2D eigenvalue weighted by Crippen LogP contribution is -2.17. The van der Waals surface area contributed by atoms with Gasteiger partial charge < -0.3 is 14.8 Å². The molecule has 30 heavy (non-hydrogen) atoms. The van der Waals surface area contributed by atoms with Crippen LogP contribution in [0.3, 0.4) is 0 Å². The third-order valence-corrected chi connectivity index (χ3v) is 6.62. The van der Waals surface area contributed by atoms with E-state index in [1.165, 1.54) is 21.8 Å². The maximum atomic E-state index is 12.6. The molecule has 1 atom stereocenters. The third-order valence-electron chi connectivity index (χ3n) is 5.44. The van der Waals surface area contributed by atoms with E-state index < -0.39 is 0 Å². The lowest BCUT2D eigenvalue weighted by atomic mass is 9.86. The van der Waals surface area contributed by atoms with Crippen LogP contribution in [0.2, 0.25) is 0 Å². The van der Waals surface area contributed by atoms with E-state index in [1.807, 2.05) is 12.1 Å². The Kier molecular flexibility index (Phi) is 7.91. The topological polar surface area (TPSA) is 64.6 Å². The van der Waals surface area contributed by atoms with Crippen LogP contribution >= 0.6 is 11.3 Å². The highest BCUT2D eigenvalue weighted by Gasteiger charge is 2.30. The minimum Gasteiger partial charge on any atom is -0.494 e. The summed E-state index contributed by atoms with van der Waals surface area (Å²) in [6.07, 6.45) is 5.07. The Labute approximate surface area is 182 Å². The maximum absolute atomic E-state index is 12.6. The molecule has 0 aliphatic heterocycles. The van der Waals surface area contributed by atoms with Gasteiger partial charge in [0.2, 0.25) is 5.91 Å². The van der Waals surface area contributed by atoms with Gasteiger partial charge in [-0.3, -0.25) is 4.79 Å². The van der Waals surface area contributed by atoms with Gasteiger partial charge in [0.1, 0.15) is 10.8 Å². The van der Waals surface area contributed by atoms with E-state index in [2.05, 4.69) is 31.3 Å². The van der Waals surface area contributed by atoms with Gasteiger partial charge in [0.15, 0.2) is 0 Å². The number of hydrogen-bond acceptors (Lipinski definition) is 5. The number of aryl methyl sites for hydroxylation is 2. The molecule has 0 bridgehead atoms. The van der Waals surface area contributed by atoms with Crippen LogP contribution in [-0.2, 0) is 22.4 Å². The highest BCUT2D eigenvalue weighted by Crippen LogP contribution is 2.43. The molecule has 1 aliphatic carbocycles. The molecule has 2 aromatic rings. The zero-order valence-electron chi connectivity index (χ0n) is 18.1. The Morgan fingerprint density at radius 3 is 2.67 bits per heavy atom. The fourth-order valence-corrected chi connectivity index (χ4v) is 5.20. The van der Waals surface area contributed by atoms with Gasteiger partial charge in [-0.25, -0.2) is 4.79 Å². The Morgan fingerprint density at radius 2 is 1.97 bits per heavy atom. The fraction of sp³-hybridized carbons (Fsp3) is 0.500. The molecule has 1 aromatic carbocycles. The van der Waals surface area contributed by atoms with Crippen LogP contribution in [0.25, 0.3) is 0 Å². The van der Waals surface area contributed by atoms with E-state index in [-0.39, 0.29) is 11.9 Å². The lowest BCUT2D eigenvalue weighted by Gasteiger charge is -2.19. The molecule has 1 aliphatic rings. The van der Waals surface area contributed by atoms with E-state index in [4.69, 9.17) is 9.47 Å². The Hall–Kier alpha value is -2.34. The Bertz CT molecular complexity index is 872. The largest absolute Gasteiger partial charge is 0.494 e. The number of hydrogen-bond donors (Lipinski definition) is 1. The van der Waals surface area contributed by atoms with Crippen LogP contribution in [-0.4, -0.2) is 25.1 Å². The Balaban J connectivity index is 1.58. The number of benzene rings is 1. The minimum atomic E-state index is -0.335. The number of carbonyl (C=O) groups is 2. The molecule has 5 nitrogen and oxygen atoms in total. The average Bonchev–Trinajstić information content (AvgIpc) is 3.11. The second kappa shape index (κ2) is 10.6. The second-order valence-electron chi connectivity index (χ2n) is 7.65. The smallest absolute Gasteiger partial charge is 0.341 e. The number of anilines is 1. The van der Waals surface area contributed by atoms with Crippen molar-refractivity contribution in [1.29, 1.82) is 0 Å². The molecule has 162 valence electrons. The minimum absolute atomic E-state index is 0.100. The molecule has 6 heteroatoms. The van der Waals surface area contributed by atoms with Gasteiger partial charge in [-0.1, -0.05) is 26.0 Å². The first kappa shape index (κ1) is 22.3. The molecule has 0 saturated heterocycles. The highest BCUT2D eigenvalue weighted by atomic mass is 32.1. The first-order chi connectivity index (χ1) is 14.5. The lowest BCUT2D eigenvalue weighted by molar-refractivity contribution is -0.116. The molecule has 0 fully saturated rings. The van der Waals surface area contributed by atoms with Gasteiger partial charge in [-0.15, -0.1) is 11.3 Å². The average molecular weight is 430 g/mol. The standard InChI is InChI=1S/C24H31NO4S/c1-4-17-11-13-18(14-12-17)29-15-7-10-20(26)25-23-22(24(27)28-5-2)21-16(3)8-6-9-19(21)30-23/h11-14,16H,4-10,15H2,1-3H3,(H,25,26). The van der Waals surface area contributed by atoms with E-state index >= 15 is 0 Å². The van der Waals surface area contributed by atoms with Crippen molar-refractivity contribution >= 4 is 28.2 Å². The van der Waals surface area contributed by atoms with Crippen molar-refractivity contribution in [2.45, 2.75) is 65.2 Å². The molecule has 1 aromatic heterocycles. The predicted molar refractivity (Wildman–Crippen MR) is 121 cm³/mol. The number of ether oxygens (including phenoxy) is 2. The molecule has 0 spiro atoms. The first-order valence-corrected chi connectivity index (χ1v) is 11.7. The molecular formula is C24H31NO4S. The zero-order chi connectivity index (χ0) is 21.5. The van der Waals surface area contributed by atoms with E-state index in [0.717, 1.165) is 37.0 Å². The molecule has 1 unspecified atom stereocenters. The fourth-order valence-electron chi connectivity index (χ4n) is 3.84. The molecular weight excluding hydrogens is 398 g/mol. The summed E-state index contributed by atoms with van der Waals surface area (Å²) >= 11 is 1.52. The van der Waals surface area contributed by atoms with Gasteiger partial charge in [-0.2, -0.15) is 0 Å². The van der Waals surface area contributed by atoms with Gasteiger partial charge in [0.05, 0.1) is 18.8 Å². The third kappa shape index (κ3) is 5.42. The molecule has 1 N–H and O–H groups in total. The number of carbonyl (C=O) groups excluding carboxylic acids is 2. The quantitative estimate of drug-likeness (QED) is 0.409. The molecule has 0 saturated carbocycles. The van der Waals surface area contributed by atoms with E-state index in [9.17, 15) is 9.59 Å². The van der Waals surface area contributed by atoms with Crippen LogP contribution in [0.15, 0.2) is 24.3 Å². The SMILES string of the molecule is CCOC(=O)c1c(NC(=O)CCCOc2ccc(CC)cc2)sc2c1C(C)CCC2. The number of fused-ring (bicyclic) bond motifs is 1. The number of nitrogens with one attached hydrogen (secondary N) is 1. The van der Waals surface area contributed by atoms with Gasteiger partial charge in [0, 0.05) is 11.3 Å². The van der Waals surface area contributed by atoms with Gasteiger partial charge in [0.25, 0.3) is 0 Å². The van der Waals surface area contributed by atoms with Crippen LogP contribution in [0, 0.1) is 0 Å². The van der Waals surface area contributed by atoms with Crippen molar-refractivity contribution in [3.05, 3.63) is 45.8 Å². The van der Waals surface area contributed by atoms with Crippen LogP contribution < -0.4 is 10.1 Å². The summed E-state index contributed by atoms with van der Waals surface area (Å²) in [5.41, 5.74) is 2.90. The number of esters is 1. The summed E-state index contributed by atoms with van der Waals surface area (Å²) in [5.74, 6) is 0.689.